The first kappa shape index (κ1) is 13.0. The molecule has 0 spiro atoms. The van der Waals surface area contributed by atoms with E-state index in [2.05, 4.69) is 22.5 Å². The molecule has 2 N–H and O–H groups in total. The zero-order valence-corrected chi connectivity index (χ0v) is 11.4. The van der Waals surface area contributed by atoms with Crippen LogP contribution in [0.2, 0.25) is 0 Å². The van der Waals surface area contributed by atoms with E-state index in [1.165, 1.54) is 43.7 Å². The number of hydrogen-bond donors (Lipinski definition) is 2. The minimum Gasteiger partial charge on any atom is -0.314 e. The molecule has 1 saturated heterocycles. The first-order chi connectivity index (χ1) is 8.34. The van der Waals surface area contributed by atoms with E-state index >= 15 is 0 Å². The molecule has 3 nitrogen and oxygen atoms in total. The SMILES string of the molecule is CC(CC1CCCCCN1)NCc1nccs1. The van der Waals surface area contributed by atoms with Gasteiger partial charge in [-0.2, -0.15) is 0 Å². The van der Waals surface area contributed by atoms with Crippen molar-refractivity contribution in [2.45, 2.75) is 57.7 Å². The number of thiazole rings is 1. The van der Waals surface area contributed by atoms with Crippen LogP contribution in [0.5, 0.6) is 0 Å². The second kappa shape index (κ2) is 7.09. The molecule has 0 aromatic carbocycles. The van der Waals surface area contributed by atoms with Crippen molar-refractivity contribution in [3.8, 4) is 0 Å². The lowest BCUT2D eigenvalue weighted by Gasteiger charge is -2.21. The van der Waals surface area contributed by atoms with E-state index in [9.17, 15) is 0 Å². The second-order valence-electron chi connectivity index (χ2n) is 4.94. The Morgan fingerprint density at radius 1 is 1.53 bits per heavy atom. The summed E-state index contributed by atoms with van der Waals surface area (Å²) in [7, 11) is 0. The van der Waals surface area contributed by atoms with Gasteiger partial charge in [-0.3, -0.25) is 0 Å². The van der Waals surface area contributed by atoms with E-state index in [1.54, 1.807) is 11.3 Å². The highest BCUT2D eigenvalue weighted by Gasteiger charge is 2.14. The van der Waals surface area contributed by atoms with Gasteiger partial charge in [0.15, 0.2) is 0 Å². The molecule has 2 rings (SSSR count). The molecule has 96 valence electrons. The number of rotatable bonds is 5. The van der Waals surface area contributed by atoms with Gasteiger partial charge in [0, 0.05) is 30.2 Å². The molecule has 17 heavy (non-hydrogen) atoms. The predicted molar refractivity (Wildman–Crippen MR) is 73.3 cm³/mol. The van der Waals surface area contributed by atoms with Crippen LogP contribution in [0, 0.1) is 0 Å². The predicted octanol–water partition coefficient (Wildman–Crippen LogP) is 2.54. The van der Waals surface area contributed by atoms with Crippen molar-refractivity contribution < 1.29 is 0 Å². The molecular formula is C13H23N3S. The Morgan fingerprint density at radius 2 is 2.47 bits per heavy atom. The molecule has 1 aliphatic heterocycles. The normalized spacial score (nSPS) is 23.2. The molecule has 1 aromatic rings. The van der Waals surface area contributed by atoms with Crippen molar-refractivity contribution >= 4 is 11.3 Å². The Labute approximate surface area is 108 Å². The van der Waals surface area contributed by atoms with Crippen molar-refractivity contribution in [2.75, 3.05) is 6.54 Å². The average molecular weight is 253 g/mol. The van der Waals surface area contributed by atoms with Crippen LogP contribution in [0.15, 0.2) is 11.6 Å². The van der Waals surface area contributed by atoms with E-state index in [-0.39, 0.29) is 0 Å². The zero-order valence-electron chi connectivity index (χ0n) is 10.6. The molecule has 0 saturated carbocycles. The minimum atomic E-state index is 0.564. The summed E-state index contributed by atoms with van der Waals surface area (Å²) in [6, 6.07) is 1.27. The van der Waals surface area contributed by atoms with Gasteiger partial charge >= 0.3 is 0 Å². The lowest BCUT2D eigenvalue weighted by atomic mass is 10.0. The lowest BCUT2D eigenvalue weighted by Crippen LogP contribution is -2.36. The van der Waals surface area contributed by atoms with Crippen LogP contribution in [0.25, 0.3) is 0 Å². The summed E-state index contributed by atoms with van der Waals surface area (Å²) in [4.78, 5) is 4.29. The highest BCUT2D eigenvalue weighted by atomic mass is 32.1. The van der Waals surface area contributed by atoms with Gasteiger partial charge in [0.1, 0.15) is 5.01 Å². The summed E-state index contributed by atoms with van der Waals surface area (Å²) in [6.07, 6.45) is 8.56. The Hall–Kier alpha value is -0.450. The fraction of sp³-hybridized carbons (Fsp3) is 0.769. The van der Waals surface area contributed by atoms with Crippen LogP contribution in [-0.4, -0.2) is 23.6 Å². The maximum absolute atomic E-state index is 4.29. The fourth-order valence-corrected chi connectivity index (χ4v) is 2.98. The Kier molecular flexibility index (Phi) is 5.42. The molecule has 0 amide bonds. The summed E-state index contributed by atoms with van der Waals surface area (Å²) >= 11 is 1.73. The third kappa shape index (κ3) is 4.74. The highest BCUT2D eigenvalue weighted by molar-refractivity contribution is 7.09. The molecular weight excluding hydrogens is 230 g/mol. The molecule has 2 heterocycles. The molecule has 1 fully saturated rings. The molecule has 1 aromatic heterocycles. The lowest BCUT2D eigenvalue weighted by molar-refractivity contribution is 0.402. The Balaban J connectivity index is 1.67. The standard InChI is InChI=1S/C13H23N3S/c1-11(16-10-13-15-7-8-17-13)9-12-5-3-2-4-6-14-12/h7-8,11-12,14,16H,2-6,9-10H2,1H3. The van der Waals surface area contributed by atoms with Gasteiger partial charge in [0.05, 0.1) is 0 Å². The van der Waals surface area contributed by atoms with Crippen molar-refractivity contribution in [2.24, 2.45) is 0 Å². The molecule has 2 atom stereocenters. The Morgan fingerprint density at radius 3 is 3.29 bits per heavy atom. The first-order valence-corrected chi connectivity index (χ1v) is 7.57. The minimum absolute atomic E-state index is 0.564. The molecule has 0 radical (unpaired) electrons. The fourth-order valence-electron chi connectivity index (χ4n) is 2.41. The van der Waals surface area contributed by atoms with Gasteiger partial charge in [0.25, 0.3) is 0 Å². The molecule has 1 aliphatic rings. The van der Waals surface area contributed by atoms with Crippen molar-refractivity contribution in [1.82, 2.24) is 15.6 Å². The van der Waals surface area contributed by atoms with E-state index in [4.69, 9.17) is 0 Å². The first-order valence-electron chi connectivity index (χ1n) is 6.70. The van der Waals surface area contributed by atoms with Gasteiger partial charge in [-0.25, -0.2) is 4.98 Å². The van der Waals surface area contributed by atoms with Crippen molar-refractivity contribution in [1.29, 1.82) is 0 Å². The summed E-state index contributed by atoms with van der Waals surface area (Å²) in [5.41, 5.74) is 0. The van der Waals surface area contributed by atoms with Gasteiger partial charge in [-0.15, -0.1) is 11.3 Å². The van der Waals surface area contributed by atoms with Crippen LogP contribution >= 0.6 is 11.3 Å². The van der Waals surface area contributed by atoms with Crippen LogP contribution in [0.4, 0.5) is 0 Å². The average Bonchev–Trinajstić information content (AvgIpc) is 2.72. The molecule has 0 aliphatic carbocycles. The number of nitrogens with zero attached hydrogens (tertiary/aromatic N) is 1. The number of nitrogens with one attached hydrogen (secondary N) is 2. The van der Waals surface area contributed by atoms with E-state index in [0.29, 0.717) is 12.1 Å². The van der Waals surface area contributed by atoms with Crippen LogP contribution in [-0.2, 0) is 6.54 Å². The zero-order chi connectivity index (χ0) is 11.9. The van der Waals surface area contributed by atoms with Gasteiger partial charge in [-0.05, 0) is 32.7 Å². The van der Waals surface area contributed by atoms with Crippen LogP contribution < -0.4 is 10.6 Å². The van der Waals surface area contributed by atoms with Crippen molar-refractivity contribution in [3.63, 3.8) is 0 Å². The summed E-state index contributed by atoms with van der Waals surface area (Å²) in [5, 5.41) is 10.4. The summed E-state index contributed by atoms with van der Waals surface area (Å²) in [6.45, 7) is 4.38. The van der Waals surface area contributed by atoms with Crippen molar-refractivity contribution in [3.05, 3.63) is 16.6 Å². The number of hydrogen-bond acceptors (Lipinski definition) is 4. The third-order valence-electron chi connectivity index (χ3n) is 3.39. The third-order valence-corrected chi connectivity index (χ3v) is 4.17. The van der Waals surface area contributed by atoms with Gasteiger partial charge in [-0.1, -0.05) is 12.8 Å². The van der Waals surface area contributed by atoms with Gasteiger partial charge in [0.2, 0.25) is 0 Å². The maximum Gasteiger partial charge on any atom is 0.106 e. The van der Waals surface area contributed by atoms with E-state index < -0.39 is 0 Å². The van der Waals surface area contributed by atoms with Crippen LogP contribution in [0.1, 0.15) is 44.0 Å². The topological polar surface area (TPSA) is 37.0 Å². The molecule has 0 bridgehead atoms. The maximum atomic E-state index is 4.29. The van der Waals surface area contributed by atoms with Gasteiger partial charge < -0.3 is 10.6 Å². The molecule has 2 unspecified atom stereocenters. The summed E-state index contributed by atoms with van der Waals surface area (Å²) < 4.78 is 0. The largest absolute Gasteiger partial charge is 0.314 e. The van der Waals surface area contributed by atoms with E-state index in [0.717, 1.165) is 6.54 Å². The number of aromatic nitrogens is 1. The van der Waals surface area contributed by atoms with E-state index in [1.807, 2.05) is 11.6 Å². The molecule has 4 heteroatoms. The van der Waals surface area contributed by atoms with Crippen LogP contribution in [0.3, 0.4) is 0 Å². The summed E-state index contributed by atoms with van der Waals surface area (Å²) in [5.74, 6) is 0. The quantitative estimate of drug-likeness (QED) is 0.847. The monoisotopic (exact) mass is 253 g/mol. The highest BCUT2D eigenvalue weighted by Crippen LogP contribution is 2.13. The Bertz CT molecular complexity index is 292. The smallest absolute Gasteiger partial charge is 0.106 e. The second-order valence-corrected chi connectivity index (χ2v) is 5.92.